The summed E-state index contributed by atoms with van der Waals surface area (Å²) in [5, 5.41) is 3.09. The van der Waals surface area contributed by atoms with Crippen molar-refractivity contribution >= 4 is 28.4 Å². The monoisotopic (exact) mass is 370 g/mol. The van der Waals surface area contributed by atoms with E-state index in [9.17, 15) is 0 Å². The minimum atomic E-state index is 0.611. The van der Waals surface area contributed by atoms with E-state index in [0.29, 0.717) is 12.3 Å². The molecule has 0 aromatic carbocycles. The summed E-state index contributed by atoms with van der Waals surface area (Å²) in [7, 11) is 3.47. The van der Waals surface area contributed by atoms with E-state index in [-0.39, 0.29) is 0 Å². The molecule has 2 aromatic rings. The van der Waals surface area contributed by atoms with Gasteiger partial charge in [0.1, 0.15) is 11.6 Å². The molecule has 0 bridgehead atoms. The van der Waals surface area contributed by atoms with E-state index in [2.05, 4.69) is 42.9 Å². The smallest absolute Gasteiger partial charge is 0.212 e. The molecule has 0 atom stereocenters. The van der Waals surface area contributed by atoms with Gasteiger partial charge in [0.15, 0.2) is 0 Å². The molecule has 19 heavy (non-hydrogen) atoms. The number of aromatic nitrogens is 3. The van der Waals surface area contributed by atoms with Gasteiger partial charge in [-0.3, -0.25) is 0 Å². The van der Waals surface area contributed by atoms with Crippen molar-refractivity contribution in [2.45, 2.75) is 13.3 Å². The van der Waals surface area contributed by atoms with E-state index in [1.54, 1.807) is 13.3 Å². The van der Waals surface area contributed by atoms with Gasteiger partial charge in [0.2, 0.25) is 5.88 Å². The number of rotatable bonds is 4. The van der Waals surface area contributed by atoms with Crippen molar-refractivity contribution < 1.29 is 4.74 Å². The van der Waals surface area contributed by atoms with Crippen LogP contribution in [0, 0.1) is 10.5 Å². The fourth-order valence-corrected chi connectivity index (χ4v) is 2.19. The first kappa shape index (κ1) is 14.0. The van der Waals surface area contributed by atoms with Crippen LogP contribution < -0.4 is 10.1 Å². The molecule has 5 nitrogen and oxygen atoms in total. The van der Waals surface area contributed by atoms with Crippen LogP contribution >= 0.6 is 22.6 Å². The van der Waals surface area contributed by atoms with E-state index in [1.165, 1.54) is 0 Å². The summed E-state index contributed by atoms with van der Waals surface area (Å²) in [6.07, 6.45) is 2.44. The molecule has 0 radical (unpaired) electrons. The number of methoxy groups -OCH3 is 1. The molecule has 100 valence electrons. The molecule has 2 heterocycles. The number of hydrogen-bond donors (Lipinski definition) is 1. The lowest BCUT2D eigenvalue weighted by Gasteiger charge is -2.08. The van der Waals surface area contributed by atoms with Gasteiger partial charge in [-0.15, -0.1) is 0 Å². The Hall–Kier alpha value is -1.44. The molecule has 0 unspecified atom stereocenters. The number of anilines is 1. The fourth-order valence-electron chi connectivity index (χ4n) is 1.68. The zero-order valence-electron chi connectivity index (χ0n) is 11.1. The number of nitrogens with one attached hydrogen (secondary N) is 1. The Morgan fingerprint density at radius 2 is 2.11 bits per heavy atom. The van der Waals surface area contributed by atoms with Gasteiger partial charge in [0.05, 0.1) is 16.4 Å². The molecule has 2 aromatic heterocycles. The number of ether oxygens (including phenoxy) is 1. The van der Waals surface area contributed by atoms with Crippen LogP contribution in [0.15, 0.2) is 18.3 Å². The predicted molar refractivity (Wildman–Crippen MR) is 82.6 cm³/mol. The summed E-state index contributed by atoms with van der Waals surface area (Å²) >= 11 is 2.25. The average Bonchev–Trinajstić information content (AvgIpc) is 2.43. The number of aryl methyl sites for hydroxylation is 1. The van der Waals surface area contributed by atoms with Crippen LogP contribution in [0.1, 0.15) is 17.1 Å². The number of hydrogen-bond acceptors (Lipinski definition) is 5. The highest BCUT2D eigenvalue weighted by Crippen LogP contribution is 2.19. The van der Waals surface area contributed by atoms with Crippen molar-refractivity contribution in [1.29, 1.82) is 0 Å². The third-order valence-electron chi connectivity index (χ3n) is 2.67. The molecule has 0 amide bonds. The maximum Gasteiger partial charge on any atom is 0.212 e. The minimum Gasteiger partial charge on any atom is -0.481 e. The first-order valence-electron chi connectivity index (χ1n) is 5.83. The lowest BCUT2D eigenvalue weighted by atomic mass is 10.2. The standard InChI is InChI=1S/C13H15IN4O/c1-8-12(14)13(15-2)18-10(17-8)6-9-4-5-11(19-3)16-7-9/h4-5,7H,6H2,1-3H3,(H,15,17,18). The second-order valence-electron chi connectivity index (χ2n) is 4.02. The van der Waals surface area contributed by atoms with Crippen molar-refractivity contribution in [3.05, 3.63) is 39.0 Å². The zero-order chi connectivity index (χ0) is 13.8. The van der Waals surface area contributed by atoms with Crippen LogP contribution in [0.25, 0.3) is 0 Å². The molecule has 0 aliphatic rings. The van der Waals surface area contributed by atoms with Gasteiger partial charge in [0, 0.05) is 25.7 Å². The van der Waals surface area contributed by atoms with Crippen molar-refractivity contribution in [2.24, 2.45) is 0 Å². The predicted octanol–water partition coefficient (Wildman–Crippen LogP) is 2.43. The number of halogens is 1. The molecular weight excluding hydrogens is 355 g/mol. The second kappa shape index (κ2) is 6.14. The normalized spacial score (nSPS) is 10.3. The van der Waals surface area contributed by atoms with Gasteiger partial charge in [-0.25, -0.2) is 15.0 Å². The van der Waals surface area contributed by atoms with Crippen molar-refractivity contribution in [2.75, 3.05) is 19.5 Å². The first-order valence-corrected chi connectivity index (χ1v) is 6.91. The molecule has 1 N–H and O–H groups in total. The summed E-state index contributed by atoms with van der Waals surface area (Å²) in [4.78, 5) is 13.2. The number of nitrogens with zero attached hydrogens (tertiary/aromatic N) is 3. The van der Waals surface area contributed by atoms with E-state index in [1.807, 2.05) is 26.1 Å². The molecule has 0 aliphatic heterocycles. The number of pyridine rings is 1. The Morgan fingerprint density at radius 3 is 2.68 bits per heavy atom. The van der Waals surface area contributed by atoms with Crippen molar-refractivity contribution in [3.63, 3.8) is 0 Å². The highest BCUT2D eigenvalue weighted by atomic mass is 127. The molecule has 0 aliphatic carbocycles. The van der Waals surface area contributed by atoms with Crippen LogP contribution in [-0.2, 0) is 6.42 Å². The summed E-state index contributed by atoms with van der Waals surface area (Å²) in [5.41, 5.74) is 2.04. The largest absolute Gasteiger partial charge is 0.481 e. The zero-order valence-corrected chi connectivity index (χ0v) is 13.2. The molecule has 0 saturated heterocycles. The molecule has 0 saturated carbocycles. The van der Waals surface area contributed by atoms with Crippen LogP contribution in [0.2, 0.25) is 0 Å². The topological polar surface area (TPSA) is 59.9 Å². The maximum atomic E-state index is 5.04. The summed E-state index contributed by atoms with van der Waals surface area (Å²) in [6.45, 7) is 1.99. The Labute approximate surface area is 126 Å². The first-order chi connectivity index (χ1) is 9.13. The second-order valence-corrected chi connectivity index (χ2v) is 5.10. The van der Waals surface area contributed by atoms with E-state index < -0.39 is 0 Å². The summed E-state index contributed by atoms with van der Waals surface area (Å²) in [6, 6.07) is 3.81. The molecule has 2 rings (SSSR count). The van der Waals surface area contributed by atoms with Crippen LogP contribution in [0.5, 0.6) is 5.88 Å². The van der Waals surface area contributed by atoms with Gasteiger partial charge in [-0.05, 0) is 35.1 Å². The Kier molecular flexibility index (Phi) is 4.52. The van der Waals surface area contributed by atoms with Gasteiger partial charge < -0.3 is 10.1 Å². The van der Waals surface area contributed by atoms with Gasteiger partial charge >= 0.3 is 0 Å². The van der Waals surface area contributed by atoms with E-state index in [0.717, 1.165) is 26.5 Å². The van der Waals surface area contributed by atoms with Crippen LogP contribution in [-0.4, -0.2) is 29.1 Å². The van der Waals surface area contributed by atoms with Crippen LogP contribution in [0.3, 0.4) is 0 Å². The third-order valence-corrected chi connectivity index (χ3v) is 3.96. The summed E-state index contributed by atoms with van der Waals surface area (Å²) in [5.74, 6) is 2.26. The minimum absolute atomic E-state index is 0.611. The molecular formula is C13H15IN4O. The van der Waals surface area contributed by atoms with Crippen molar-refractivity contribution in [3.8, 4) is 5.88 Å². The lowest BCUT2D eigenvalue weighted by Crippen LogP contribution is -2.06. The highest BCUT2D eigenvalue weighted by molar-refractivity contribution is 14.1. The molecule has 0 fully saturated rings. The van der Waals surface area contributed by atoms with Gasteiger partial charge in [0.25, 0.3) is 0 Å². The van der Waals surface area contributed by atoms with Crippen LogP contribution in [0.4, 0.5) is 5.82 Å². The third kappa shape index (κ3) is 3.31. The molecule has 0 spiro atoms. The quantitative estimate of drug-likeness (QED) is 0.838. The highest BCUT2D eigenvalue weighted by Gasteiger charge is 2.08. The van der Waals surface area contributed by atoms with E-state index in [4.69, 9.17) is 4.74 Å². The lowest BCUT2D eigenvalue weighted by molar-refractivity contribution is 0.397. The maximum absolute atomic E-state index is 5.04. The van der Waals surface area contributed by atoms with E-state index >= 15 is 0 Å². The Bertz CT molecular complexity index is 572. The van der Waals surface area contributed by atoms with Crippen molar-refractivity contribution in [1.82, 2.24) is 15.0 Å². The summed E-state index contributed by atoms with van der Waals surface area (Å²) < 4.78 is 6.09. The SMILES string of the molecule is CNc1nc(Cc2ccc(OC)nc2)nc(C)c1I. The fraction of sp³-hybridized carbons (Fsp3) is 0.308. The average molecular weight is 370 g/mol. The Morgan fingerprint density at radius 1 is 1.32 bits per heavy atom. The molecule has 6 heteroatoms. The van der Waals surface area contributed by atoms with Gasteiger partial charge in [-0.2, -0.15) is 0 Å². The Balaban J connectivity index is 2.25. The van der Waals surface area contributed by atoms with Gasteiger partial charge in [-0.1, -0.05) is 6.07 Å².